The fourth-order valence-electron chi connectivity index (χ4n) is 8.18. The highest BCUT2D eigenvalue weighted by molar-refractivity contribution is 8.03. The first-order chi connectivity index (χ1) is 16.8. The van der Waals surface area contributed by atoms with E-state index in [-0.39, 0.29) is 5.78 Å². The van der Waals surface area contributed by atoms with E-state index in [4.69, 9.17) is 0 Å². The molecule has 4 aliphatic rings. The number of carbonyl (C=O) groups excluding carboxylic acids is 1. The van der Waals surface area contributed by atoms with Crippen LogP contribution in [0.2, 0.25) is 0 Å². The van der Waals surface area contributed by atoms with Crippen molar-refractivity contribution in [1.82, 2.24) is 0 Å². The summed E-state index contributed by atoms with van der Waals surface area (Å²) in [5.74, 6) is 0.213. The molecule has 1 nitrogen and oxygen atoms in total. The summed E-state index contributed by atoms with van der Waals surface area (Å²) in [6.07, 6.45) is 21.9. The van der Waals surface area contributed by atoms with Gasteiger partial charge in [-0.15, -0.1) is 0 Å². The Labute approximate surface area is 208 Å². The molecule has 0 heterocycles. The summed E-state index contributed by atoms with van der Waals surface area (Å²) in [6, 6.07) is 15.1. The predicted octanol–water partition coefficient (Wildman–Crippen LogP) is 8.16. The number of benzene rings is 2. The molecule has 2 radical (unpaired) electrons. The van der Waals surface area contributed by atoms with Gasteiger partial charge in [0, 0.05) is 28.1 Å². The van der Waals surface area contributed by atoms with Crippen molar-refractivity contribution in [3.63, 3.8) is 0 Å². The van der Waals surface area contributed by atoms with Crippen molar-refractivity contribution in [1.29, 1.82) is 0 Å². The fraction of sp³-hybridized carbons (Fsp3) is 0.581. The molecule has 0 unspecified atom stereocenters. The Morgan fingerprint density at radius 2 is 1.03 bits per heavy atom. The standard InChI is InChI=1S/C31H40BOP/c33-31-28-19-11-10-18-27(28)30-22-23(20-21-29(30)31)32-34(24-12-4-1-5-13-24,25-14-6-2-7-15-25)26-16-8-3-9-17-26/h10-11,18-22,24-26H,1-9,12-17H2. The van der Waals surface area contributed by atoms with Gasteiger partial charge < -0.3 is 0 Å². The summed E-state index contributed by atoms with van der Waals surface area (Å²) in [5.41, 5.74) is 8.42. The quantitative estimate of drug-likeness (QED) is 0.272. The lowest BCUT2D eigenvalue weighted by molar-refractivity contribution is 0.104. The minimum absolute atomic E-state index is 0.213. The molecule has 0 aromatic heterocycles. The van der Waals surface area contributed by atoms with Crippen molar-refractivity contribution in [3.05, 3.63) is 53.6 Å². The highest BCUT2D eigenvalue weighted by Crippen LogP contribution is 2.75. The smallest absolute Gasteiger partial charge is 0.194 e. The minimum atomic E-state index is -1.28. The van der Waals surface area contributed by atoms with Crippen molar-refractivity contribution in [2.24, 2.45) is 0 Å². The van der Waals surface area contributed by atoms with Crippen molar-refractivity contribution in [2.45, 2.75) is 113 Å². The second-order valence-corrected chi connectivity index (χ2v) is 15.8. The first kappa shape index (κ1) is 23.0. The van der Waals surface area contributed by atoms with Gasteiger partial charge in [0.1, 0.15) is 0 Å². The van der Waals surface area contributed by atoms with Crippen LogP contribution in [0.25, 0.3) is 11.1 Å². The molecular weight excluding hydrogens is 430 g/mol. The zero-order chi connectivity index (χ0) is 23.0. The van der Waals surface area contributed by atoms with Gasteiger partial charge in [0.15, 0.2) is 5.78 Å². The zero-order valence-electron chi connectivity index (χ0n) is 20.8. The van der Waals surface area contributed by atoms with Gasteiger partial charge in [0.2, 0.25) is 0 Å². The monoisotopic (exact) mass is 470 g/mol. The van der Waals surface area contributed by atoms with E-state index in [0.29, 0.717) is 0 Å². The summed E-state index contributed by atoms with van der Waals surface area (Å²) >= 11 is 0. The number of ketones is 1. The average molecular weight is 470 g/mol. The Morgan fingerprint density at radius 3 is 1.56 bits per heavy atom. The number of fused-ring (bicyclic) bond motifs is 3. The van der Waals surface area contributed by atoms with E-state index in [0.717, 1.165) is 33.7 Å². The molecule has 0 aliphatic heterocycles. The van der Waals surface area contributed by atoms with Crippen LogP contribution in [-0.4, -0.2) is 29.8 Å². The summed E-state index contributed by atoms with van der Waals surface area (Å²) in [7, 11) is -1.28. The van der Waals surface area contributed by atoms with Gasteiger partial charge in [-0.3, -0.25) is 4.79 Å². The summed E-state index contributed by atoms with van der Waals surface area (Å²) in [5, 5.41) is 0. The van der Waals surface area contributed by atoms with Crippen molar-refractivity contribution in [3.8, 4) is 11.1 Å². The Morgan fingerprint density at radius 1 is 0.559 bits per heavy atom. The molecule has 4 aliphatic carbocycles. The third-order valence-corrected chi connectivity index (χ3v) is 15.8. The van der Waals surface area contributed by atoms with Crippen LogP contribution in [0.3, 0.4) is 0 Å². The van der Waals surface area contributed by atoms with E-state index < -0.39 is 7.14 Å². The van der Waals surface area contributed by atoms with Gasteiger partial charge in [-0.2, -0.15) is 7.14 Å². The van der Waals surface area contributed by atoms with Crippen LogP contribution in [0.1, 0.15) is 112 Å². The molecule has 0 spiro atoms. The summed E-state index contributed by atoms with van der Waals surface area (Å²) < 4.78 is 0. The van der Waals surface area contributed by atoms with Crippen LogP contribution in [0.4, 0.5) is 0 Å². The molecule has 34 heavy (non-hydrogen) atoms. The second-order valence-electron chi connectivity index (χ2n) is 11.6. The Bertz CT molecular complexity index is 982. The maximum Gasteiger partial charge on any atom is 0.194 e. The van der Waals surface area contributed by atoms with Gasteiger partial charge in [-0.1, -0.05) is 61.7 Å². The molecule has 178 valence electrons. The third-order valence-electron chi connectivity index (χ3n) is 9.74. The highest BCUT2D eigenvalue weighted by Gasteiger charge is 2.48. The number of carbonyl (C=O) groups is 1. The minimum Gasteiger partial charge on any atom is -0.289 e. The van der Waals surface area contributed by atoms with Gasteiger partial charge >= 0.3 is 0 Å². The molecule has 3 fully saturated rings. The predicted molar refractivity (Wildman–Crippen MR) is 148 cm³/mol. The van der Waals surface area contributed by atoms with E-state index in [1.54, 1.807) is 0 Å². The van der Waals surface area contributed by atoms with Gasteiger partial charge in [0.05, 0.1) is 0 Å². The maximum absolute atomic E-state index is 13.0. The molecule has 0 bridgehead atoms. The fourth-order valence-corrected chi connectivity index (χ4v) is 15.1. The largest absolute Gasteiger partial charge is 0.289 e. The topological polar surface area (TPSA) is 17.1 Å². The van der Waals surface area contributed by atoms with Crippen LogP contribution >= 0.6 is 7.14 Å². The zero-order valence-corrected chi connectivity index (χ0v) is 21.7. The molecule has 2 aromatic carbocycles. The van der Waals surface area contributed by atoms with E-state index in [2.05, 4.69) is 37.3 Å². The van der Waals surface area contributed by atoms with Crippen molar-refractivity contribution < 1.29 is 4.79 Å². The molecule has 0 N–H and O–H groups in total. The average Bonchev–Trinajstić information content (AvgIpc) is 3.20. The third kappa shape index (κ3) is 4.03. The lowest BCUT2D eigenvalue weighted by atomic mass is 9.90. The molecule has 0 saturated heterocycles. The molecule has 0 atom stereocenters. The van der Waals surface area contributed by atoms with Crippen molar-refractivity contribution >= 4 is 25.4 Å². The number of hydrogen-bond acceptors (Lipinski definition) is 1. The molecule has 3 heteroatoms. The van der Waals surface area contributed by atoms with Crippen LogP contribution < -0.4 is 5.46 Å². The number of hydrogen-bond donors (Lipinski definition) is 0. The van der Waals surface area contributed by atoms with E-state index in [9.17, 15) is 4.79 Å². The maximum atomic E-state index is 13.0. The molecular formula is C31H40BOP. The summed E-state index contributed by atoms with van der Waals surface area (Å²) in [6.45, 7) is 2.92. The molecule has 3 saturated carbocycles. The Balaban J connectivity index is 1.43. The highest BCUT2D eigenvalue weighted by atomic mass is 31.2. The first-order valence-electron chi connectivity index (χ1n) is 14.3. The number of rotatable bonds is 5. The molecule has 0 amide bonds. The van der Waals surface area contributed by atoms with Crippen LogP contribution in [0.5, 0.6) is 0 Å². The van der Waals surface area contributed by atoms with Crippen LogP contribution in [0.15, 0.2) is 42.5 Å². The van der Waals surface area contributed by atoms with Gasteiger partial charge in [-0.05, 0) is 95.2 Å². The second kappa shape index (κ2) is 9.93. The first-order valence-corrected chi connectivity index (χ1v) is 16.4. The molecule has 6 rings (SSSR count). The SMILES string of the molecule is O=C1c2ccccc2-c2cc([B-][P+](C3CCCCC3)(C3CCCCC3)C3CCCCC3)ccc21. The van der Waals surface area contributed by atoms with Gasteiger partial charge in [0.25, 0.3) is 0 Å². The molecule has 2 aromatic rings. The van der Waals surface area contributed by atoms with Crippen LogP contribution in [-0.2, 0) is 0 Å². The van der Waals surface area contributed by atoms with E-state index >= 15 is 0 Å². The Kier molecular flexibility index (Phi) is 6.73. The lowest BCUT2D eigenvalue weighted by Gasteiger charge is -2.58. The van der Waals surface area contributed by atoms with Gasteiger partial charge in [-0.25, -0.2) is 5.46 Å². The normalized spacial score (nSPS) is 22.5. The van der Waals surface area contributed by atoms with Crippen LogP contribution in [0, 0.1) is 0 Å². The van der Waals surface area contributed by atoms with E-state index in [1.807, 2.05) is 12.1 Å². The lowest BCUT2D eigenvalue weighted by Crippen LogP contribution is -2.42. The summed E-state index contributed by atoms with van der Waals surface area (Å²) in [4.78, 5) is 13.0. The van der Waals surface area contributed by atoms with E-state index in [1.165, 1.54) is 107 Å². The Hall–Kier alpha value is -1.40. The van der Waals surface area contributed by atoms with Crippen molar-refractivity contribution in [2.75, 3.05) is 0 Å².